The highest BCUT2D eigenvalue weighted by molar-refractivity contribution is 5.85. The predicted octanol–water partition coefficient (Wildman–Crippen LogP) is 5.72. The Hall–Kier alpha value is -2.21. The molecule has 0 N–H and O–H groups in total. The van der Waals surface area contributed by atoms with E-state index in [0.717, 1.165) is 18.8 Å². The Balaban J connectivity index is 0.00000364. The zero-order valence-corrected chi connectivity index (χ0v) is 17.6. The molecule has 2 rings (SSSR count). The number of ether oxygens (including phenoxy) is 1. The summed E-state index contributed by atoms with van der Waals surface area (Å²) in [5, 5.41) is 0. The molecule has 0 unspecified atom stereocenters. The summed E-state index contributed by atoms with van der Waals surface area (Å²) in [5.74, 6) is 7.23. The molecule has 0 atom stereocenters. The molecular weight excluding hydrogens is 354 g/mol. The summed E-state index contributed by atoms with van der Waals surface area (Å²) in [7, 11) is 2.11. The van der Waals surface area contributed by atoms with Gasteiger partial charge in [-0.25, -0.2) is 0 Å². The number of allylic oxidation sites excluding steroid dienone is 1. The van der Waals surface area contributed by atoms with E-state index in [2.05, 4.69) is 74.9 Å². The molecule has 2 aromatic carbocycles. The number of hydrogen-bond donors (Lipinski definition) is 0. The van der Waals surface area contributed by atoms with Crippen molar-refractivity contribution in [3.8, 4) is 17.6 Å². The van der Waals surface area contributed by atoms with Crippen LogP contribution < -0.4 is 4.74 Å². The molecule has 0 aromatic heterocycles. The first kappa shape index (κ1) is 22.8. The third-order valence-electron chi connectivity index (χ3n) is 3.66. The van der Waals surface area contributed by atoms with Crippen LogP contribution in [0, 0.1) is 17.3 Å². The molecule has 27 heavy (non-hydrogen) atoms. The molecule has 0 fully saturated rings. The SMILES string of the molecule is CN(C/C=C\C#CC(C)(C)C)Cc1cccc(OCc2ccccc2)c1.Cl. The lowest BCUT2D eigenvalue weighted by Gasteiger charge is -2.15. The largest absolute Gasteiger partial charge is 0.489 e. The first-order chi connectivity index (χ1) is 12.4. The van der Waals surface area contributed by atoms with Gasteiger partial charge in [0.1, 0.15) is 12.4 Å². The predicted molar refractivity (Wildman–Crippen MR) is 117 cm³/mol. The highest BCUT2D eigenvalue weighted by Gasteiger charge is 2.03. The highest BCUT2D eigenvalue weighted by Crippen LogP contribution is 2.16. The fraction of sp³-hybridized carbons (Fsp3) is 0.333. The van der Waals surface area contributed by atoms with Gasteiger partial charge in [-0.05, 0) is 57.2 Å². The summed E-state index contributed by atoms with van der Waals surface area (Å²) < 4.78 is 5.91. The molecule has 0 radical (unpaired) electrons. The van der Waals surface area contributed by atoms with Crippen LogP contribution in [-0.2, 0) is 13.2 Å². The lowest BCUT2D eigenvalue weighted by atomic mass is 9.98. The molecule has 0 heterocycles. The fourth-order valence-corrected chi connectivity index (χ4v) is 2.40. The summed E-state index contributed by atoms with van der Waals surface area (Å²) in [6.45, 7) is 8.69. The molecule has 0 bridgehead atoms. The summed E-state index contributed by atoms with van der Waals surface area (Å²) in [4.78, 5) is 2.26. The second-order valence-electron chi connectivity index (χ2n) is 7.54. The molecule has 0 aliphatic heterocycles. The lowest BCUT2D eigenvalue weighted by Crippen LogP contribution is -2.17. The van der Waals surface area contributed by atoms with Crippen molar-refractivity contribution in [2.24, 2.45) is 5.41 Å². The van der Waals surface area contributed by atoms with E-state index in [1.54, 1.807) is 0 Å². The van der Waals surface area contributed by atoms with Crippen molar-refractivity contribution >= 4 is 12.4 Å². The second-order valence-corrected chi connectivity index (χ2v) is 7.54. The van der Waals surface area contributed by atoms with Crippen molar-refractivity contribution < 1.29 is 4.74 Å². The molecule has 0 saturated carbocycles. The quantitative estimate of drug-likeness (QED) is 0.566. The first-order valence-electron chi connectivity index (χ1n) is 9.04. The van der Waals surface area contributed by atoms with Gasteiger partial charge < -0.3 is 4.74 Å². The Morgan fingerprint density at radius 1 is 1.00 bits per heavy atom. The molecular formula is C24H30ClNO. The smallest absolute Gasteiger partial charge is 0.120 e. The van der Waals surface area contributed by atoms with Gasteiger partial charge >= 0.3 is 0 Å². The van der Waals surface area contributed by atoms with Crippen LogP contribution in [0.5, 0.6) is 5.75 Å². The molecule has 2 nitrogen and oxygen atoms in total. The lowest BCUT2D eigenvalue weighted by molar-refractivity contribution is 0.304. The van der Waals surface area contributed by atoms with E-state index in [1.807, 2.05) is 36.4 Å². The van der Waals surface area contributed by atoms with E-state index in [0.29, 0.717) is 6.61 Å². The van der Waals surface area contributed by atoms with Gasteiger partial charge in [0.05, 0.1) is 0 Å². The molecule has 144 valence electrons. The summed E-state index contributed by atoms with van der Waals surface area (Å²) in [5.41, 5.74) is 2.47. The molecule has 0 amide bonds. The zero-order valence-electron chi connectivity index (χ0n) is 16.7. The number of hydrogen-bond acceptors (Lipinski definition) is 2. The van der Waals surface area contributed by atoms with Gasteiger partial charge in [0.2, 0.25) is 0 Å². The van der Waals surface area contributed by atoms with Crippen molar-refractivity contribution in [3.05, 3.63) is 77.9 Å². The second kappa shape index (κ2) is 11.5. The topological polar surface area (TPSA) is 12.5 Å². The molecule has 0 aliphatic carbocycles. The summed E-state index contributed by atoms with van der Waals surface area (Å²) in [6.07, 6.45) is 4.05. The summed E-state index contributed by atoms with van der Waals surface area (Å²) >= 11 is 0. The third-order valence-corrected chi connectivity index (χ3v) is 3.66. The average molecular weight is 384 g/mol. The number of benzene rings is 2. The van der Waals surface area contributed by atoms with Crippen LogP contribution in [0.15, 0.2) is 66.7 Å². The number of halogens is 1. The maximum Gasteiger partial charge on any atom is 0.120 e. The Morgan fingerprint density at radius 3 is 2.41 bits per heavy atom. The number of likely N-dealkylation sites (N-methyl/N-ethyl adjacent to an activating group) is 1. The van der Waals surface area contributed by atoms with Gasteiger partial charge in [0.15, 0.2) is 0 Å². The van der Waals surface area contributed by atoms with Crippen molar-refractivity contribution in [3.63, 3.8) is 0 Å². The van der Waals surface area contributed by atoms with E-state index < -0.39 is 0 Å². The maximum atomic E-state index is 5.91. The molecule has 2 aromatic rings. The Labute approximate surface area is 170 Å². The minimum atomic E-state index is 0. The summed E-state index contributed by atoms with van der Waals surface area (Å²) in [6, 6.07) is 18.5. The third kappa shape index (κ3) is 9.89. The van der Waals surface area contributed by atoms with Crippen LogP contribution in [0.4, 0.5) is 0 Å². The fourth-order valence-electron chi connectivity index (χ4n) is 2.40. The van der Waals surface area contributed by atoms with Gasteiger partial charge in [0.25, 0.3) is 0 Å². The van der Waals surface area contributed by atoms with Crippen LogP contribution in [-0.4, -0.2) is 18.5 Å². The number of nitrogens with zero attached hydrogens (tertiary/aromatic N) is 1. The highest BCUT2D eigenvalue weighted by atomic mass is 35.5. The van der Waals surface area contributed by atoms with Gasteiger partial charge in [-0.2, -0.15) is 0 Å². The minimum absolute atomic E-state index is 0. The molecule has 0 spiro atoms. The van der Waals surface area contributed by atoms with Crippen LogP contribution in [0.3, 0.4) is 0 Å². The monoisotopic (exact) mass is 383 g/mol. The van der Waals surface area contributed by atoms with Crippen LogP contribution in [0.2, 0.25) is 0 Å². The van der Waals surface area contributed by atoms with Crippen molar-refractivity contribution in [2.75, 3.05) is 13.6 Å². The Morgan fingerprint density at radius 2 is 1.70 bits per heavy atom. The van der Waals surface area contributed by atoms with Gasteiger partial charge in [-0.3, -0.25) is 4.90 Å². The van der Waals surface area contributed by atoms with Crippen LogP contribution in [0.1, 0.15) is 31.9 Å². The normalized spacial score (nSPS) is 11.0. The van der Waals surface area contributed by atoms with E-state index in [9.17, 15) is 0 Å². The van der Waals surface area contributed by atoms with E-state index in [1.165, 1.54) is 11.1 Å². The van der Waals surface area contributed by atoms with E-state index in [-0.39, 0.29) is 17.8 Å². The Kier molecular flexibility index (Phi) is 9.72. The van der Waals surface area contributed by atoms with Crippen LogP contribution >= 0.6 is 12.4 Å². The standard InChI is InChI=1S/C24H29NO.ClH/c1-24(2,3)16-9-6-10-17-25(4)19-22-14-11-15-23(18-22)26-20-21-12-7-5-8-13-21;/h5-8,10-15,18H,17,19-20H2,1-4H3;1H/b10-6-;. The number of rotatable bonds is 7. The molecule has 0 saturated heterocycles. The van der Waals surface area contributed by atoms with Crippen molar-refractivity contribution in [1.29, 1.82) is 0 Å². The van der Waals surface area contributed by atoms with Gasteiger partial charge in [0, 0.05) is 18.5 Å². The van der Waals surface area contributed by atoms with E-state index >= 15 is 0 Å². The maximum absolute atomic E-state index is 5.91. The average Bonchev–Trinajstić information content (AvgIpc) is 2.60. The molecule has 3 heteroatoms. The zero-order chi connectivity index (χ0) is 18.8. The van der Waals surface area contributed by atoms with Gasteiger partial charge in [-0.1, -0.05) is 60.4 Å². The molecule has 0 aliphatic rings. The Bertz CT molecular complexity index is 766. The van der Waals surface area contributed by atoms with Crippen LogP contribution in [0.25, 0.3) is 0 Å². The van der Waals surface area contributed by atoms with E-state index in [4.69, 9.17) is 4.74 Å². The van der Waals surface area contributed by atoms with Gasteiger partial charge in [-0.15, -0.1) is 12.4 Å². The van der Waals surface area contributed by atoms with Crippen molar-refractivity contribution in [2.45, 2.75) is 33.9 Å². The van der Waals surface area contributed by atoms with Crippen molar-refractivity contribution in [1.82, 2.24) is 4.90 Å². The first-order valence-corrected chi connectivity index (χ1v) is 9.04. The minimum Gasteiger partial charge on any atom is -0.489 e.